The van der Waals surface area contributed by atoms with E-state index in [0.29, 0.717) is 29.2 Å². The summed E-state index contributed by atoms with van der Waals surface area (Å²) < 4.78 is 16.5. The lowest BCUT2D eigenvalue weighted by Gasteiger charge is -2.17. The predicted molar refractivity (Wildman–Crippen MR) is 115 cm³/mol. The fraction of sp³-hybridized carbons (Fsp3) is 0.348. The Balaban J connectivity index is 1.71. The second-order valence-corrected chi connectivity index (χ2v) is 6.93. The zero-order valence-corrected chi connectivity index (χ0v) is 18.2. The maximum absolute atomic E-state index is 12.2. The second kappa shape index (κ2) is 11.5. The van der Waals surface area contributed by atoms with Crippen LogP contribution in [0.3, 0.4) is 0 Å². The van der Waals surface area contributed by atoms with Gasteiger partial charge in [-0.3, -0.25) is 20.4 Å². The van der Waals surface area contributed by atoms with Crippen LogP contribution in [-0.2, 0) is 9.59 Å². The van der Waals surface area contributed by atoms with Crippen LogP contribution >= 0.6 is 0 Å². The SMILES string of the molecule is COc1cc(C#N)ccc1OCCCC(=O)NNC(=O)C(C)Oc1cccc(C)c1C. The van der Waals surface area contributed by atoms with Crippen molar-refractivity contribution in [1.82, 2.24) is 10.9 Å². The summed E-state index contributed by atoms with van der Waals surface area (Å²) >= 11 is 0. The molecule has 0 aliphatic heterocycles. The molecule has 0 radical (unpaired) electrons. The van der Waals surface area contributed by atoms with Crippen molar-refractivity contribution in [2.45, 2.75) is 39.7 Å². The topological polar surface area (TPSA) is 110 Å². The lowest BCUT2D eigenvalue weighted by atomic mass is 10.1. The Hall–Kier alpha value is -3.73. The van der Waals surface area contributed by atoms with E-state index in [2.05, 4.69) is 10.9 Å². The molecule has 0 fully saturated rings. The van der Waals surface area contributed by atoms with Crippen molar-refractivity contribution < 1.29 is 23.8 Å². The number of nitrogens with one attached hydrogen (secondary N) is 2. The highest BCUT2D eigenvalue weighted by Crippen LogP contribution is 2.28. The average molecular weight is 425 g/mol. The maximum Gasteiger partial charge on any atom is 0.279 e. The number of benzene rings is 2. The largest absolute Gasteiger partial charge is 0.493 e. The highest BCUT2D eigenvalue weighted by atomic mass is 16.5. The highest BCUT2D eigenvalue weighted by molar-refractivity contribution is 5.84. The van der Waals surface area contributed by atoms with Crippen LogP contribution < -0.4 is 25.1 Å². The van der Waals surface area contributed by atoms with Gasteiger partial charge in [0.25, 0.3) is 5.91 Å². The van der Waals surface area contributed by atoms with E-state index in [-0.39, 0.29) is 18.9 Å². The van der Waals surface area contributed by atoms with E-state index in [9.17, 15) is 9.59 Å². The van der Waals surface area contributed by atoms with E-state index in [0.717, 1.165) is 11.1 Å². The smallest absolute Gasteiger partial charge is 0.279 e. The van der Waals surface area contributed by atoms with Gasteiger partial charge in [-0.05, 0) is 56.5 Å². The lowest BCUT2D eigenvalue weighted by molar-refractivity contribution is -0.132. The minimum Gasteiger partial charge on any atom is -0.493 e. The van der Waals surface area contributed by atoms with Crippen LogP contribution in [-0.4, -0.2) is 31.6 Å². The summed E-state index contributed by atoms with van der Waals surface area (Å²) in [4.78, 5) is 24.1. The van der Waals surface area contributed by atoms with Crippen molar-refractivity contribution in [3.05, 3.63) is 53.1 Å². The van der Waals surface area contributed by atoms with Gasteiger partial charge in [0.2, 0.25) is 5.91 Å². The summed E-state index contributed by atoms with van der Waals surface area (Å²) in [6.45, 7) is 5.78. The molecule has 8 nitrogen and oxygen atoms in total. The van der Waals surface area contributed by atoms with Crippen LogP contribution in [0.15, 0.2) is 36.4 Å². The number of methoxy groups -OCH3 is 1. The van der Waals surface area contributed by atoms with Gasteiger partial charge in [-0.15, -0.1) is 0 Å². The predicted octanol–water partition coefficient (Wildman–Crippen LogP) is 2.96. The standard InChI is InChI=1S/C23H27N3O5/c1-15-7-5-8-19(16(15)2)31-17(3)23(28)26-25-22(27)9-6-12-30-20-11-10-18(14-24)13-21(20)29-4/h5,7-8,10-11,13,17H,6,9,12H2,1-4H3,(H,25,27)(H,26,28). The molecule has 0 aromatic heterocycles. The van der Waals surface area contributed by atoms with Crippen LogP contribution in [0, 0.1) is 25.2 Å². The number of nitrogens with zero attached hydrogens (tertiary/aromatic N) is 1. The fourth-order valence-electron chi connectivity index (χ4n) is 2.66. The lowest BCUT2D eigenvalue weighted by Crippen LogP contribution is -2.47. The number of rotatable bonds is 9. The molecule has 0 bridgehead atoms. The van der Waals surface area contributed by atoms with E-state index >= 15 is 0 Å². The number of hydrogen-bond donors (Lipinski definition) is 2. The summed E-state index contributed by atoms with van der Waals surface area (Å²) in [7, 11) is 1.49. The van der Waals surface area contributed by atoms with E-state index in [1.54, 1.807) is 31.2 Å². The van der Waals surface area contributed by atoms with Gasteiger partial charge >= 0.3 is 0 Å². The van der Waals surface area contributed by atoms with Gasteiger partial charge in [0.1, 0.15) is 5.75 Å². The number of hydrogen-bond acceptors (Lipinski definition) is 6. The first-order valence-electron chi connectivity index (χ1n) is 9.88. The molecule has 2 aromatic carbocycles. The van der Waals surface area contributed by atoms with Crippen molar-refractivity contribution >= 4 is 11.8 Å². The van der Waals surface area contributed by atoms with Gasteiger partial charge in [0, 0.05) is 12.5 Å². The Labute approximate surface area is 182 Å². The highest BCUT2D eigenvalue weighted by Gasteiger charge is 2.16. The molecule has 0 saturated carbocycles. The number of hydrazine groups is 1. The minimum absolute atomic E-state index is 0.158. The van der Waals surface area contributed by atoms with Crippen molar-refractivity contribution in [3.63, 3.8) is 0 Å². The van der Waals surface area contributed by atoms with E-state index in [1.165, 1.54) is 7.11 Å². The third-order valence-corrected chi connectivity index (χ3v) is 4.65. The molecule has 0 spiro atoms. The molecule has 2 N–H and O–H groups in total. The van der Waals surface area contributed by atoms with E-state index < -0.39 is 12.0 Å². The monoisotopic (exact) mass is 425 g/mol. The number of nitriles is 1. The molecule has 0 aliphatic carbocycles. The average Bonchev–Trinajstić information content (AvgIpc) is 2.77. The Morgan fingerprint density at radius 2 is 1.87 bits per heavy atom. The zero-order chi connectivity index (χ0) is 22.8. The van der Waals surface area contributed by atoms with Crippen LogP contribution in [0.25, 0.3) is 0 Å². The van der Waals surface area contributed by atoms with Gasteiger partial charge in [-0.25, -0.2) is 0 Å². The van der Waals surface area contributed by atoms with E-state index in [4.69, 9.17) is 19.5 Å². The molecule has 2 rings (SSSR count). The molecule has 8 heteroatoms. The third kappa shape index (κ3) is 6.93. The Morgan fingerprint density at radius 3 is 2.58 bits per heavy atom. The molecule has 1 unspecified atom stereocenters. The van der Waals surface area contributed by atoms with Gasteiger partial charge in [0.05, 0.1) is 25.3 Å². The number of carbonyl (C=O) groups excluding carboxylic acids is 2. The number of ether oxygens (including phenoxy) is 3. The molecule has 0 saturated heterocycles. The van der Waals surface area contributed by atoms with Crippen molar-refractivity contribution in [3.8, 4) is 23.3 Å². The Kier molecular flexibility index (Phi) is 8.70. The summed E-state index contributed by atoms with van der Waals surface area (Å²) in [6, 6.07) is 12.5. The molecule has 1 atom stereocenters. The Morgan fingerprint density at radius 1 is 1.10 bits per heavy atom. The van der Waals surface area contributed by atoms with Gasteiger partial charge in [0.15, 0.2) is 17.6 Å². The number of aryl methyl sites for hydroxylation is 1. The molecule has 164 valence electrons. The number of carbonyl (C=O) groups is 2. The quantitative estimate of drug-likeness (QED) is 0.472. The first-order valence-corrected chi connectivity index (χ1v) is 9.88. The van der Waals surface area contributed by atoms with Gasteiger partial charge < -0.3 is 14.2 Å². The molecule has 2 amide bonds. The third-order valence-electron chi connectivity index (χ3n) is 4.65. The van der Waals surface area contributed by atoms with Gasteiger partial charge in [-0.1, -0.05) is 12.1 Å². The van der Waals surface area contributed by atoms with Crippen molar-refractivity contribution in [2.75, 3.05) is 13.7 Å². The molecule has 31 heavy (non-hydrogen) atoms. The summed E-state index contributed by atoms with van der Waals surface area (Å²) in [5.41, 5.74) is 7.25. The minimum atomic E-state index is -0.770. The molecule has 2 aromatic rings. The molecular weight excluding hydrogens is 398 g/mol. The van der Waals surface area contributed by atoms with Crippen LogP contribution in [0.4, 0.5) is 0 Å². The van der Waals surface area contributed by atoms with Crippen LogP contribution in [0.5, 0.6) is 17.2 Å². The normalized spacial score (nSPS) is 11.1. The fourth-order valence-corrected chi connectivity index (χ4v) is 2.66. The van der Waals surface area contributed by atoms with E-state index in [1.807, 2.05) is 32.0 Å². The molecule has 0 heterocycles. The maximum atomic E-state index is 12.2. The Bertz CT molecular complexity index is 968. The zero-order valence-electron chi connectivity index (χ0n) is 18.2. The molecule has 0 aliphatic rings. The van der Waals surface area contributed by atoms with Crippen LogP contribution in [0.1, 0.15) is 36.5 Å². The van der Waals surface area contributed by atoms with Crippen molar-refractivity contribution in [1.29, 1.82) is 5.26 Å². The molecular formula is C23H27N3O5. The van der Waals surface area contributed by atoms with Crippen molar-refractivity contribution in [2.24, 2.45) is 0 Å². The van der Waals surface area contributed by atoms with Crippen LogP contribution in [0.2, 0.25) is 0 Å². The first-order chi connectivity index (χ1) is 14.8. The number of amides is 2. The second-order valence-electron chi connectivity index (χ2n) is 6.93. The first kappa shape index (κ1) is 23.5. The summed E-state index contributed by atoms with van der Waals surface area (Å²) in [5.74, 6) is 0.779. The summed E-state index contributed by atoms with van der Waals surface area (Å²) in [6.07, 6.45) is -0.183. The van der Waals surface area contributed by atoms with Gasteiger partial charge in [-0.2, -0.15) is 5.26 Å². The summed E-state index contributed by atoms with van der Waals surface area (Å²) in [5, 5.41) is 8.92.